The van der Waals surface area contributed by atoms with Crippen LogP contribution in [0.4, 0.5) is 5.82 Å². The van der Waals surface area contributed by atoms with Crippen molar-refractivity contribution < 1.29 is 0 Å². The Morgan fingerprint density at radius 1 is 1.16 bits per heavy atom. The molecule has 0 aliphatic heterocycles. The van der Waals surface area contributed by atoms with Gasteiger partial charge in [-0.25, -0.2) is 9.97 Å². The van der Waals surface area contributed by atoms with Crippen LogP contribution in [0, 0.1) is 5.41 Å². The Balaban J connectivity index is 1.76. The molecule has 2 aliphatic carbocycles. The molecule has 0 bridgehead atoms. The van der Waals surface area contributed by atoms with Gasteiger partial charge in [0.05, 0.1) is 0 Å². The lowest BCUT2D eigenvalue weighted by Crippen LogP contribution is -2.32. The van der Waals surface area contributed by atoms with E-state index in [0.29, 0.717) is 11.5 Å². The first kappa shape index (κ1) is 12.9. The molecule has 0 saturated heterocycles. The number of hydrogen-bond acceptors (Lipinski definition) is 3. The van der Waals surface area contributed by atoms with Crippen molar-refractivity contribution in [2.24, 2.45) is 5.41 Å². The van der Waals surface area contributed by atoms with Crippen LogP contribution in [0.2, 0.25) is 0 Å². The van der Waals surface area contributed by atoms with Gasteiger partial charge in [-0.1, -0.05) is 20.3 Å². The predicted octanol–water partition coefficient (Wildman–Crippen LogP) is 3.74. The topological polar surface area (TPSA) is 37.8 Å². The number of anilines is 1. The minimum absolute atomic E-state index is 0.475. The molecule has 1 saturated carbocycles. The first-order valence-electron chi connectivity index (χ1n) is 7.73. The van der Waals surface area contributed by atoms with Gasteiger partial charge < -0.3 is 5.32 Å². The Labute approximate surface area is 116 Å². The molecule has 0 aromatic carbocycles. The van der Waals surface area contributed by atoms with Crippen LogP contribution in [0.5, 0.6) is 0 Å². The summed E-state index contributed by atoms with van der Waals surface area (Å²) in [4.78, 5) is 8.96. The van der Waals surface area contributed by atoms with Crippen LogP contribution in [-0.4, -0.2) is 16.0 Å². The first-order chi connectivity index (χ1) is 9.14. The molecule has 1 N–H and O–H groups in total. The van der Waals surface area contributed by atoms with Gasteiger partial charge in [0.15, 0.2) is 0 Å². The number of nitrogens with one attached hydrogen (secondary N) is 1. The third-order valence-electron chi connectivity index (χ3n) is 4.67. The van der Waals surface area contributed by atoms with Crippen molar-refractivity contribution >= 4 is 5.82 Å². The summed E-state index contributed by atoms with van der Waals surface area (Å²) in [6.07, 6.45) is 11.8. The third-order valence-corrected chi connectivity index (χ3v) is 4.67. The molecule has 2 aliphatic rings. The average molecular weight is 259 g/mol. The standard InChI is InChI=1S/C16H25N3/c1-16(2)9-5-6-12(10-16)19-15-13-7-3-4-8-14(13)17-11-18-15/h11-12H,3-10H2,1-2H3,(H,17,18,19). The zero-order chi connectivity index (χ0) is 13.3. The van der Waals surface area contributed by atoms with Crippen molar-refractivity contribution in [3.63, 3.8) is 0 Å². The van der Waals surface area contributed by atoms with E-state index in [1.165, 1.54) is 49.8 Å². The summed E-state index contributed by atoms with van der Waals surface area (Å²) < 4.78 is 0. The molecular formula is C16H25N3. The van der Waals surface area contributed by atoms with E-state index in [2.05, 4.69) is 29.1 Å². The average Bonchev–Trinajstić information content (AvgIpc) is 2.38. The first-order valence-corrected chi connectivity index (χ1v) is 7.73. The van der Waals surface area contributed by atoms with Gasteiger partial charge in [-0.15, -0.1) is 0 Å². The Morgan fingerprint density at radius 3 is 2.84 bits per heavy atom. The van der Waals surface area contributed by atoms with Gasteiger partial charge in [0, 0.05) is 17.3 Å². The maximum atomic E-state index is 4.51. The molecule has 19 heavy (non-hydrogen) atoms. The molecule has 3 heteroatoms. The van der Waals surface area contributed by atoms with E-state index in [1.807, 2.05) is 0 Å². The smallest absolute Gasteiger partial charge is 0.133 e. The molecule has 1 aromatic rings. The second-order valence-corrected chi connectivity index (χ2v) is 6.96. The highest BCUT2D eigenvalue weighted by Crippen LogP contribution is 2.37. The maximum Gasteiger partial charge on any atom is 0.133 e. The summed E-state index contributed by atoms with van der Waals surface area (Å²) in [7, 11) is 0. The fourth-order valence-corrected chi connectivity index (χ4v) is 3.66. The van der Waals surface area contributed by atoms with Crippen LogP contribution in [-0.2, 0) is 12.8 Å². The SMILES string of the molecule is CC1(C)CCCC(Nc2ncnc3c2CCCC3)C1. The van der Waals surface area contributed by atoms with E-state index >= 15 is 0 Å². The van der Waals surface area contributed by atoms with Gasteiger partial charge >= 0.3 is 0 Å². The van der Waals surface area contributed by atoms with E-state index in [9.17, 15) is 0 Å². The van der Waals surface area contributed by atoms with Gasteiger partial charge in [-0.3, -0.25) is 0 Å². The molecule has 1 aromatic heterocycles. The van der Waals surface area contributed by atoms with E-state index < -0.39 is 0 Å². The molecule has 0 spiro atoms. The van der Waals surface area contributed by atoms with Crippen LogP contribution in [0.1, 0.15) is 63.6 Å². The van der Waals surface area contributed by atoms with Crippen LogP contribution < -0.4 is 5.32 Å². The summed E-state index contributed by atoms with van der Waals surface area (Å²) in [6, 6.07) is 0.588. The van der Waals surface area contributed by atoms with Crippen LogP contribution in [0.15, 0.2) is 6.33 Å². The van der Waals surface area contributed by atoms with Crippen LogP contribution in [0.25, 0.3) is 0 Å². The van der Waals surface area contributed by atoms with Gasteiger partial charge in [0.25, 0.3) is 0 Å². The quantitative estimate of drug-likeness (QED) is 0.879. The largest absolute Gasteiger partial charge is 0.367 e. The van der Waals surface area contributed by atoms with Crippen molar-refractivity contribution in [1.29, 1.82) is 0 Å². The zero-order valence-electron chi connectivity index (χ0n) is 12.2. The highest BCUT2D eigenvalue weighted by atomic mass is 15.0. The molecule has 0 radical (unpaired) electrons. The molecule has 1 unspecified atom stereocenters. The van der Waals surface area contributed by atoms with E-state index in [4.69, 9.17) is 0 Å². The predicted molar refractivity (Wildman–Crippen MR) is 78.3 cm³/mol. The molecule has 0 amide bonds. The van der Waals surface area contributed by atoms with E-state index in [-0.39, 0.29) is 0 Å². The normalized spacial score (nSPS) is 25.7. The van der Waals surface area contributed by atoms with Crippen molar-refractivity contribution in [3.8, 4) is 0 Å². The second kappa shape index (κ2) is 5.10. The van der Waals surface area contributed by atoms with E-state index in [1.54, 1.807) is 6.33 Å². The lowest BCUT2D eigenvalue weighted by atomic mass is 9.75. The van der Waals surface area contributed by atoms with Gasteiger partial charge in [-0.2, -0.15) is 0 Å². The molecule has 3 rings (SSSR count). The minimum Gasteiger partial charge on any atom is -0.367 e. The Kier molecular flexibility index (Phi) is 3.46. The Hall–Kier alpha value is -1.12. The lowest BCUT2D eigenvalue weighted by molar-refractivity contribution is 0.229. The summed E-state index contributed by atoms with van der Waals surface area (Å²) >= 11 is 0. The summed E-state index contributed by atoms with van der Waals surface area (Å²) in [5.41, 5.74) is 3.14. The minimum atomic E-state index is 0.475. The van der Waals surface area contributed by atoms with Crippen molar-refractivity contribution in [1.82, 2.24) is 9.97 Å². The number of hydrogen-bond donors (Lipinski definition) is 1. The molecule has 1 heterocycles. The molecule has 1 fully saturated rings. The number of nitrogens with zero attached hydrogens (tertiary/aromatic N) is 2. The fourth-order valence-electron chi connectivity index (χ4n) is 3.66. The lowest BCUT2D eigenvalue weighted by Gasteiger charge is -2.36. The summed E-state index contributed by atoms with van der Waals surface area (Å²) in [5, 5.41) is 3.71. The van der Waals surface area contributed by atoms with Gasteiger partial charge in [0.1, 0.15) is 12.1 Å². The van der Waals surface area contributed by atoms with Crippen LogP contribution >= 0.6 is 0 Å². The monoisotopic (exact) mass is 259 g/mol. The van der Waals surface area contributed by atoms with Gasteiger partial charge in [0.2, 0.25) is 0 Å². The Morgan fingerprint density at radius 2 is 2.00 bits per heavy atom. The molecule has 3 nitrogen and oxygen atoms in total. The van der Waals surface area contributed by atoms with Gasteiger partial charge in [-0.05, 0) is 50.4 Å². The summed E-state index contributed by atoms with van der Waals surface area (Å²) in [6.45, 7) is 4.77. The zero-order valence-corrected chi connectivity index (χ0v) is 12.2. The molecular weight excluding hydrogens is 234 g/mol. The fraction of sp³-hybridized carbons (Fsp3) is 0.750. The third kappa shape index (κ3) is 2.90. The highest BCUT2D eigenvalue weighted by molar-refractivity contribution is 5.47. The van der Waals surface area contributed by atoms with Crippen molar-refractivity contribution in [2.45, 2.75) is 71.3 Å². The summed E-state index contributed by atoms with van der Waals surface area (Å²) in [5.74, 6) is 1.12. The van der Waals surface area contributed by atoms with Crippen molar-refractivity contribution in [2.75, 3.05) is 5.32 Å². The Bertz CT molecular complexity index is 453. The second-order valence-electron chi connectivity index (χ2n) is 6.96. The van der Waals surface area contributed by atoms with E-state index in [0.717, 1.165) is 18.7 Å². The highest BCUT2D eigenvalue weighted by Gasteiger charge is 2.28. The molecule has 104 valence electrons. The maximum absolute atomic E-state index is 4.51. The number of aromatic nitrogens is 2. The molecule has 1 atom stereocenters. The van der Waals surface area contributed by atoms with Crippen LogP contribution in [0.3, 0.4) is 0 Å². The van der Waals surface area contributed by atoms with Crippen molar-refractivity contribution in [3.05, 3.63) is 17.6 Å². The number of fused-ring (bicyclic) bond motifs is 1. The number of rotatable bonds is 2. The number of aryl methyl sites for hydroxylation is 1.